The summed E-state index contributed by atoms with van der Waals surface area (Å²) < 4.78 is 10.8. The lowest BCUT2D eigenvalue weighted by atomic mass is 10.0. The predicted molar refractivity (Wildman–Crippen MR) is 123 cm³/mol. The first-order valence-corrected chi connectivity index (χ1v) is 10.1. The highest BCUT2D eigenvalue weighted by Crippen LogP contribution is 2.15. The van der Waals surface area contributed by atoms with Crippen molar-refractivity contribution < 1.29 is 14.3 Å². The van der Waals surface area contributed by atoms with Crippen molar-refractivity contribution in [3.63, 3.8) is 0 Å². The third kappa shape index (κ3) is 6.77. The Balaban J connectivity index is 0.00000160. The molecular weight excluding hydrogens is 423 g/mol. The second-order valence-electron chi connectivity index (χ2n) is 7.50. The summed E-state index contributed by atoms with van der Waals surface area (Å²) in [6.07, 6.45) is 0. The molecule has 2 aliphatic rings. The van der Waals surface area contributed by atoms with E-state index in [9.17, 15) is 4.79 Å². The Hall–Kier alpha value is -1.47. The van der Waals surface area contributed by atoms with E-state index in [1.807, 2.05) is 24.3 Å². The van der Waals surface area contributed by atoms with E-state index < -0.39 is 0 Å². The van der Waals surface area contributed by atoms with Crippen molar-refractivity contribution in [1.82, 2.24) is 9.80 Å². The lowest BCUT2D eigenvalue weighted by Gasteiger charge is -2.26. The van der Waals surface area contributed by atoms with Crippen LogP contribution in [0.5, 0.6) is 0 Å². The number of halogens is 2. The van der Waals surface area contributed by atoms with E-state index in [0.717, 1.165) is 76.8 Å². The SMILES string of the molecule is Cl.Cl.O=C(c1ccc(CN2CCOCC2)cc1)c1ccc(CN2CCOCC2)cc1. The van der Waals surface area contributed by atoms with Gasteiger partial charge in [-0.2, -0.15) is 0 Å². The summed E-state index contributed by atoms with van der Waals surface area (Å²) >= 11 is 0. The van der Waals surface area contributed by atoms with Crippen LogP contribution in [0.3, 0.4) is 0 Å². The van der Waals surface area contributed by atoms with Gasteiger partial charge in [-0.15, -0.1) is 24.8 Å². The zero-order valence-corrected chi connectivity index (χ0v) is 18.8. The van der Waals surface area contributed by atoms with Crippen molar-refractivity contribution in [2.45, 2.75) is 13.1 Å². The summed E-state index contributed by atoms with van der Waals surface area (Å²) in [6.45, 7) is 8.92. The van der Waals surface area contributed by atoms with E-state index in [1.54, 1.807) is 0 Å². The van der Waals surface area contributed by atoms with Gasteiger partial charge in [0.15, 0.2) is 5.78 Å². The minimum Gasteiger partial charge on any atom is -0.379 e. The smallest absolute Gasteiger partial charge is 0.193 e. The molecule has 0 radical (unpaired) electrons. The Morgan fingerprint density at radius 3 is 1.30 bits per heavy atom. The van der Waals surface area contributed by atoms with Gasteiger partial charge in [-0.1, -0.05) is 48.5 Å². The molecule has 2 aliphatic heterocycles. The fourth-order valence-electron chi connectivity index (χ4n) is 3.72. The van der Waals surface area contributed by atoms with Crippen molar-refractivity contribution in [3.8, 4) is 0 Å². The van der Waals surface area contributed by atoms with Crippen LogP contribution in [0, 0.1) is 0 Å². The minimum absolute atomic E-state index is 0. The lowest BCUT2D eigenvalue weighted by molar-refractivity contribution is 0.0341. The molecule has 0 spiro atoms. The predicted octanol–water partition coefficient (Wildman–Crippen LogP) is 3.43. The van der Waals surface area contributed by atoms with Crippen molar-refractivity contribution in [1.29, 1.82) is 0 Å². The first-order valence-electron chi connectivity index (χ1n) is 10.1. The van der Waals surface area contributed by atoms with Crippen LogP contribution in [0.25, 0.3) is 0 Å². The second-order valence-corrected chi connectivity index (χ2v) is 7.50. The Kier molecular flexibility index (Phi) is 10.2. The van der Waals surface area contributed by atoms with Crippen LogP contribution in [0.1, 0.15) is 27.0 Å². The Bertz CT molecular complexity index is 707. The summed E-state index contributed by atoms with van der Waals surface area (Å²) in [4.78, 5) is 17.6. The normalized spacial score (nSPS) is 17.6. The lowest BCUT2D eigenvalue weighted by Crippen LogP contribution is -2.35. The van der Waals surface area contributed by atoms with Gasteiger partial charge in [0, 0.05) is 50.4 Å². The highest BCUT2D eigenvalue weighted by Gasteiger charge is 2.14. The molecule has 4 rings (SSSR count). The molecule has 0 atom stereocenters. The van der Waals surface area contributed by atoms with Crippen molar-refractivity contribution in [2.75, 3.05) is 52.6 Å². The zero-order valence-electron chi connectivity index (χ0n) is 17.1. The maximum atomic E-state index is 12.8. The Morgan fingerprint density at radius 1 is 0.633 bits per heavy atom. The minimum atomic E-state index is 0. The second kappa shape index (κ2) is 12.4. The number of rotatable bonds is 6. The molecule has 2 fully saturated rings. The van der Waals surface area contributed by atoms with Gasteiger partial charge in [-0.25, -0.2) is 0 Å². The van der Waals surface area contributed by atoms with Crippen LogP contribution >= 0.6 is 24.8 Å². The molecular formula is C23H30Cl2N2O3. The quantitative estimate of drug-likeness (QED) is 0.628. The van der Waals surface area contributed by atoms with Crippen LogP contribution in [0.15, 0.2) is 48.5 Å². The van der Waals surface area contributed by atoms with Crippen LogP contribution in [0.2, 0.25) is 0 Å². The van der Waals surface area contributed by atoms with Gasteiger partial charge in [0.25, 0.3) is 0 Å². The fraction of sp³-hybridized carbons (Fsp3) is 0.435. The molecule has 0 aromatic heterocycles. The van der Waals surface area contributed by atoms with Gasteiger partial charge in [0.1, 0.15) is 0 Å². The van der Waals surface area contributed by atoms with E-state index in [-0.39, 0.29) is 30.6 Å². The van der Waals surface area contributed by atoms with E-state index in [1.165, 1.54) is 11.1 Å². The maximum Gasteiger partial charge on any atom is 0.193 e. The largest absolute Gasteiger partial charge is 0.379 e. The van der Waals surface area contributed by atoms with Crippen LogP contribution < -0.4 is 0 Å². The standard InChI is InChI=1S/C23H28N2O3.2ClH/c26-23(21-5-1-19(2-6-21)17-24-9-13-27-14-10-24)22-7-3-20(4-8-22)18-25-11-15-28-16-12-25;;/h1-8H,9-18H2;2*1H. The summed E-state index contributed by atoms with van der Waals surface area (Å²) in [5.41, 5.74) is 3.96. The number of ketones is 1. The van der Waals surface area contributed by atoms with Crippen molar-refractivity contribution in [2.24, 2.45) is 0 Å². The molecule has 0 saturated carbocycles. The summed E-state index contributed by atoms with van der Waals surface area (Å²) in [6, 6.07) is 16.0. The third-order valence-electron chi connectivity index (χ3n) is 5.45. The molecule has 2 saturated heterocycles. The van der Waals surface area contributed by atoms with E-state index in [4.69, 9.17) is 9.47 Å². The van der Waals surface area contributed by atoms with Crippen LogP contribution in [-0.4, -0.2) is 68.2 Å². The summed E-state index contributed by atoms with van der Waals surface area (Å²) in [7, 11) is 0. The summed E-state index contributed by atoms with van der Waals surface area (Å²) in [5, 5.41) is 0. The molecule has 2 aromatic carbocycles. The monoisotopic (exact) mass is 452 g/mol. The number of hydrogen-bond donors (Lipinski definition) is 0. The molecule has 164 valence electrons. The number of nitrogens with zero attached hydrogens (tertiary/aromatic N) is 2. The molecule has 5 nitrogen and oxygen atoms in total. The number of carbonyl (C=O) groups excluding carboxylic acids is 1. The Morgan fingerprint density at radius 2 is 0.967 bits per heavy atom. The molecule has 2 aromatic rings. The zero-order chi connectivity index (χ0) is 19.2. The number of morpholine rings is 2. The van der Waals surface area contributed by atoms with Gasteiger partial charge in [-0.3, -0.25) is 14.6 Å². The van der Waals surface area contributed by atoms with E-state index >= 15 is 0 Å². The van der Waals surface area contributed by atoms with Gasteiger partial charge < -0.3 is 9.47 Å². The number of benzene rings is 2. The van der Waals surface area contributed by atoms with E-state index in [2.05, 4.69) is 34.1 Å². The average Bonchev–Trinajstić information content (AvgIpc) is 2.76. The number of ether oxygens (including phenoxy) is 2. The molecule has 30 heavy (non-hydrogen) atoms. The fourth-order valence-corrected chi connectivity index (χ4v) is 3.72. The highest BCUT2D eigenvalue weighted by molar-refractivity contribution is 6.09. The van der Waals surface area contributed by atoms with Gasteiger partial charge in [0.2, 0.25) is 0 Å². The molecule has 0 amide bonds. The molecule has 7 heteroatoms. The van der Waals surface area contributed by atoms with E-state index in [0.29, 0.717) is 0 Å². The first kappa shape index (κ1) is 24.8. The summed E-state index contributed by atoms with van der Waals surface area (Å²) in [5.74, 6) is 0.0795. The number of hydrogen-bond acceptors (Lipinski definition) is 5. The molecule has 0 unspecified atom stereocenters. The molecule has 0 N–H and O–H groups in total. The van der Waals surface area contributed by atoms with Gasteiger partial charge in [0.05, 0.1) is 26.4 Å². The topological polar surface area (TPSA) is 42.0 Å². The average molecular weight is 453 g/mol. The van der Waals surface area contributed by atoms with Crippen LogP contribution in [-0.2, 0) is 22.6 Å². The molecule has 2 heterocycles. The highest BCUT2D eigenvalue weighted by atomic mass is 35.5. The first-order chi connectivity index (χ1) is 13.8. The Labute approximate surface area is 191 Å². The van der Waals surface area contributed by atoms with Gasteiger partial charge in [-0.05, 0) is 11.1 Å². The van der Waals surface area contributed by atoms with Gasteiger partial charge >= 0.3 is 0 Å². The van der Waals surface area contributed by atoms with Crippen molar-refractivity contribution in [3.05, 3.63) is 70.8 Å². The molecule has 0 aliphatic carbocycles. The number of carbonyl (C=O) groups is 1. The molecule has 0 bridgehead atoms. The third-order valence-corrected chi connectivity index (χ3v) is 5.45. The maximum absolute atomic E-state index is 12.8. The van der Waals surface area contributed by atoms with Crippen molar-refractivity contribution >= 4 is 30.6 Å². The van der Waals surface area contributed by atoms with Crippen LogP contribution in [0.4, 0.5) is 0 Å².